The van der Waals surface area contributed by atoms with E-state index >= 15 is 0 Å². The van der Waals surface area contributed by atoms with Crippen LogP contribution in [0.2, 0.25) is 0 Å². The van der Waals surface area contributed by atoms with Crippen LogP contribution in [0.5, 0.6) is 0 Å². The smallest absolute Gasteiger partial charge is 0.329 e. The Balaban J connectivity index is 2.45. The van der Waals surface area contributed by atoms with Gasteiger partial charge in [-0.2, -0.15) is 5.10 Å². The van der Waals surface area contributed by atoms with E-state index < -0.39 is 27.4 Å². The van der Waals surface area contributed by atoms with Crippen molar-refractivity contribution < 1.29 is 23.1 Å². The molecule has 10 heteroatoms. The van der Waals surface area contributed by atoms with Crippen molar-refractivity contribution >= 4 is 27.7 Å². The summed E-state index contributed by atoms with van der Waals surface area (Å²) >= 11 is 0. The quantitative estimate of drug-likeness (QED) is 0.717. The molecule has 1 heterocycles. The first-order chi connectivity index (χ1) is 12.9. The predicted molar refractivity (Wildman–Crippen MR) is 104 cm³/mol. The molecule has 0 aliphatic carbocycles. The third kappa shape index (κ3) is 3.86. The summed E-state index contributed by atoms with van der Waals surface area (Å²) in [5.74, 6) is -1.88. The van der Waals surface area contributed by atoms with Crippen molar-refractivity contribution in [1.29, 1.82) is 0 Å². The zero-order valence-corrected chi connectivity index (χ0v) is 17.2. The van der Waals surface area contributed by atoms with Crippen molar-refractivity contribution in [2.45, 2.75) is 37.6 Å². The molecule has 1 unspecified atom stereocenters. The largest absolute Gasteiger partial charge is 0.480 e. The third-order valence-corrected chi connectivity index (χ3v) is 6.46. The van der Waals surface area contributed by atoms with E-state index in [1.807, 2.05) is 6.92 Å². The minimum absolute atomic E-state index is 0.0296. The fourth-order valence-corrected chi connectivity index (χ4v) is 3.80. The molecule has 2 N–H and O–H groups in total. The summed E-state index contributed by atoms with van der Waals surface area (Å²) in [6.45, 7) is 4.86. The van der Waals surface area contributed by atoms with Crippen LogP contribution in [0.25, 0.3) is 0 Å². The maximum atomic E-state index is 13.0. The Kier molecular flexibility index (Phi) is 5.83. The number of anilines is 1. The van der Waals surface area contributed by atoms with Gasteiger partial charge in [0.15, 0.2) is 5.82 Å². The number of amides is 1. The van der Waals surface area contributed by atoms with Crippen LogP contribution in [0.3, 0.4) is 0 Å². The third-order valence-electron chi connectivity index (χ3n) is 4.70. The van der Waals surface area contributed by atoms with Crippen molar-refractivity contribution in [3.05, 3.63) is 41.6 Å². The number of hydrogen-bond acceptors (Lipinski definition) is 5. The van der Waals surface area contributed by atoms with Crippen molar-refractivity contribution in [3.63, 3.8) is 0 Å². The van der Waals surface area contributed by atoms with Crippen LogP contribution in [0.15, 0.2) is 35.4 Å². The highest BCUT2D eigenvalue weighted by atomic mass is 32.2. The highest BCUT2D eigenvalue weighted by Crippen LogP contribution is 2.26. The van der Waals surface area contributed by atoms with Gasteiger partial charge in [0.05, 0.1) is 11.1 Å². The maximum Gasteiger partial charge on any atom is 0.329 e. The predicted octanol–water partition coefficient (Wildman–Crippen LogP) is 1.54. The molecule has 1 amide bonds. The number of carboxylic acid groups (broad SMARTS) is 1. The van der Waals surface area contributed by atoms with Gasteiger partial charge in [-0.1, -0.05) is 24.6 Å². The van der Waals surface area contributed by atoms with Gasteiger partial charge in [0.2, 0.25) is 0 Å². The standard InChI is InChI=1S/C18H24N4O5S/c1-6-18(3,17(24)25)20-15(23)14-11-19-21(4)16(14)22(5)28(26,27)13-9-7-12(2)8-10-13/h7-11H,6H2,1-5H3,(H,20,23)(H,24,25). The topological polar surface area (TPSA) is 122 Å². The van der Waals surface area contributed by atoms with Crippen LogP contribution >= 0.6 is 0 Å². The normalized spacial score (nSPS) is 13.6. The first-order valence-corrected chi connectivity index (χ1v) is 10.0. The number of nitrogens with zero attached hydrogens (tertiary/aromatic N) is 3. The molecule has 9 nitrogen and oxygen atoms in total. The molecular formula is C18H24N4O5S. The van der Waals surface area contributed by atoms with Gasteiger partial charge in [0.1, 0.15) is 11.1 Å². The van der Waals surface area contributed by atoms with E-state index in [1.54, 1.807) is 19.1 Å². The number of aliphatic carboxylic acids is 1. The molecule has 28 heavy (non-hydrogen) atoms. The lowest BCUT2D eigenvalue weighted by Gasteiger charge is -2.25. The summed E-state index contributed by atoms with van der Waals surface area (Å²) in [6, 6.07) is 6.32. The van der Waals surface area contributed by atoms with Crippen molar-refractivity contribution in [2.24, 2.45) is 7.05 Å². The van der Waals surface area contributed by atoms with Crippen molar-refractivity contribution in [2.75, 3.05) is 11.4 Å². The molecule has 0 radical (unpaired) electrons. The monoisotopic (exact) mass is 408 g/mol. The number of benzene rings is 1. The molecule has 2 rings (SSSR count). The number of sulfonamides is 1. The van der Waals surface area contributed by atoms with Gasteiger partial charge in [-0.05, 0) is 32.4 Å². The molecule has 2 aromatic rings. The van der Waals surface area contributed by atoms with E-state index in [0.717, 1.165) is 9.87 Å². The second-order valence-corrected chi connectivity index (χ2v) is 8.71. The van der Waals surface area contributed by atoms with Gasteiger partial charge in [-0.15, -0.1) is 0 Å². The molecule has 1 aromatic carbocycles. The van der Waals surface area contributed by atoms with E-state index in [9.17, 15) is 23.1 Å². The summed E-state index contributed by atoms with van der Waals surface area (Å²) in [6.07, 6.45) is 1.37. The highest BCUT2D eigenvalue weighted by molar-refractivity contribution is 7.92. The molecule has 0 aliphatic heterocycles. The molecule has 0 spiro atoms. The van der Waals surface area contributed by atoms with Crippen LogP contribution in [0.4, 0.5) is 5.82 Å². The van der Waals surface area contributed by atoms with Crippen LogP contribution in [0, 0.1) is 6.92 Å². The van der Waals surface area contributed by atoms with Gasteiger partial charge in [0, 0.05) is 14.1 Å². The van der Waals surface area contributed by atoms with Crippen LogP contribution in [0.1, 0.15) is 36.2 Å². The maximum absolute atomic E-state index is 13.0. The van der Waals surface area contributed by atoms with Crippen LogP contribution < -0.4 is 9.62 Å². The lowest BCUT2D eigenvalue weighted by Crippen LogP contribution is -2.51. The van der Waals surface area contributed by atoms with Gasteiger partial charge in [0.25, 0.3) is 15.9 Å². The second-order valence-electron chi connectivity index (χ2n) is 6.74. The van der Waals surface area contributed by atoms with E-state index in [-0.39, 0.29) is 22.7 Å². The van der Waals surface area contributed by atoms with Crippen molar-refractivity contribution in [1.82, 2.24) is 15.1 Å². The highest BCUT2D eigenvalue weighted by Gasteiger charge is 2.35. The Labute approximate surface area is 164 Å². The van der Waals surface area contributed by atoms with E-state index in [0.29, 0.717) is 0 Å². The van der Waals surface area contributed by atoms with Crippen molar-refractivity contribution in [3.8, 4) is 0 Å². The fraction of sp³-hybridized carbons (Fsp3) is 0.389. The van der Waals surface area contributed by atoms with Gasteiger partial charge >= 0.3 is 5.97 Å². The first-order valence-electron chi connectivity index (χ1n) is 8.57. The van der Waals surface area contributed by atoms with E-state index in [4.69, 9.17) is 0 Å². The average Bonchev–Trinajstić information content (AvgIpc) is 3.02. The van der Waals surface area contributed by atoms with Gasteiger partial charge < -0.3 is 10.4 Å². The molecule has 0 bridgehead atoms. The Hall–Kier alpha value is -2.88. The van der Waals surface area contributed by atoms with Crippen LogP contribution in [-0.2, 0) is 21.9 Å². The Bertz CT molecular complexity index is 997. The van der Waals surface area contributed by atoms with E-state index in [1.165, 1.54) is 44.0 Å². The lowest BCUT2D eigenvalue weighted by atomic mass is 9.99. The Morgan fingerprint density at radius 2 is 1.86 bits per heavy atom. The summed E-state index contributed by atoms with van der Waals surface area (Å²) in [5, 5.41) is 15.8. The number of nitrogens with one attached hydrogen (secondary N) is 1. The minimum Gasteiger partial charge on any atom is -0.480 e. The average molecular weight is 408 g/mol. The van der Waals surface area contributed by atoms with E-state index in [2.05, 4.69) is 10.4 Å². The number of aromatic nitrogens is 2. The summed E-state index contributed by atoms with van der Waals surface area (Å²) in [4.78, 5) is 24.3. The molecule has 0 saturated carbocycles. The zero-order chi connectivity index (χ0) is 21.3. The first kappa shape index (κ1) is 21.4. The molecule has 152 valence electrons. The Morgan fingerprint density at radius 1 is 1.29 bits per heavy atom. The van der Waals surface area contributed by atoms with Crippen LogP contribution in [-0.4, -0.2) is 47.8 Å². The fourth-order valence-electron chi connectivity index (χ4n) is 2.56. The number of aryl methyl sites for hydroxylation is 2. The minimum atomic E-state index is -3.95. The zero-order valence-electron chi connectivity index (χ0n) is 16.4. The molecule has 0 saturated heterocycles. The van der Waals surface area contributed by atoms with Gasteiger partial charge in [-0.3, -0.25) is 13.8 Å². The number of carbonyl (C=O) groups is 2. The Morgan fingerprint density at radius 3 is 2.36 bits per heavy atom. The number of carbonyl (C=O) groups excluding carboxylic acids is 1. The molecule has 1 aromatic heterocycles. The SMILES string of the molecule is CCC(C)(NC(=O)c1cnn(C)c1N(C)S(=O)(=O)c1ccc(C)cc1)C(=O)O. The molecule has 0 fully saturated rings. The number of carboxylic acids is 1. The second kappa shape index (κ2) is 7.63. The van der Waals surface area contributed by atoms with Gasteiger partial charge in [-0.25, -0.2) is 13.2 Å². The number of hydrogen-bond donors (Lipinski definition) is 2. The summed E-state index contributed by atoms with van der Waals surface area (Å²) in [7, 11) is -1.12. The molecule has 1 atom stereocenters. The number of rotatable bonds is 7. The summed E-state index contributed by atoms with van der Waals surface area (Å²) in [5.41, 5.74) is -0.616. The summed E-state index contributed by atoms with van der Waals surface area (Å²) < 4.78 is 28.2. The lowest BCUT2D eigenvalue weighted by molar-refractivity contribution is -0.143. The molecular weight excluding hydrogens is 384 g/mol. The molecule has 0 aliphatic rings.